The first-order valence-electron chi connectivity index (χ1n) is 6.38. The van der Waals surface area contributed by atoms with Gasteiger partial charge in [0.1, 0.15) is 5.75 Å². The van der Waals surface area contributed by atoms with E-state index in [1.54, 1.807) is 6.07 Å². The summed E-state index contributed by atoms with van der Waals surface area (Å²) in [6.07, 6.45) is 0. The molecule has 0 aromatic heterocycles. The highest BCUT2D eigenvalue weighted by atomic mass is 79.9. The second-order valence-corrected chi connectivity index (χ2v) is 5.44. The van der Waals surface area contributed by atoms with Crippen LogP contribution in [0.25, 0.3) is 0 Å². The summed E-state index contributed by atoms with van der Waals surface area (Å²) in [7, 11) is 0. The molecule has 120 valence electrons. The predicted molar refractivity (Wildman–Crippen MR) is 83.1 cm³/mol. The zero-order valence-corrected chi connectivity index (χ0v) is 13.2. The van der Waals surface area contributed by atoms with E-state index in [9.17, 15) is 23.5 Å². The topological polar surface area (TPSA) is 78.4 Å². The first-order chi connectivity index (χ1) is 10.9. The SMILES string of the molecule is O=C(CNC(=O)c1cc(Br)ccc1O)Nc1ccc(F)c(F)c1. The number of amides is 2. The standard InChI is InChI=1S/C15H11BrF2N2O3/c16-8-1-4-13(21)10(5-8)15(23)19-7-14(22)20-9-2-3-11(17)12(18)6-9/h1-6,21H,7H2,(H,19,23)(H,20,22). The van der Waals surface area contributed by atoms with E-state index in [1.165, 1.54) is 18.2 Å². The lowest BCUT2D eigenvalue weighted by Crippen LogP contribution is -2.32. The molecule has 0 unspecified atom stereocenters. The number of phenols is 1. The summed E-state index contributed by atoms with van der Waals surface area (Å²) in [4.78, 5) is 23.6. The van der Waals surface area contributed by atoms with Gasteiger partial charge in [0.05, 0.1) is 12.1 Å². The maximum atomic E-state index is 13.0. The fourth-order valence-corrected chi connectivity index (χ4v) is 2.09. The maximum Gasteiger partial charge on any atom is 0.255 e. The molecule has 0 aliphatic carbocycles. The molecule has 0 aliphatic rings. The van der Waals surface area contributed by atoms with Crippen molar-refractivity contribution in [3.8, 4) is 5.75 Å². The molecule has 2 aromatic carbocycles. The number of carbonyl (C=O) groups excluding carboxylic acids is 2. The molecule has 3 N–H and O–H groups in total. The summed E-state index contributed by atoms with van der Waals surface area (Å²) < 4.78 is 26.4. The molecule has 5 nitrogen and oxygen atoms in total. The fourth-order valence-electron chi connectivity index (χ4n) is 1.72. The van der Waals surface area contributed by atoms with Gasteiger partial charge in [-0.05, 0) is 30.3 Å². The Labute approximate surface area is 138 Å². The summed E-state index contributed by atoms with van der Waals surface area (Å²) in [6, 6.07) is 7.19. The first-order valence-corrected chi connectivity index (χ1v) is 7.17. The van der Waals surface area contributed by atoms with Crippen LogP contribution in [0.4, 0.5) is 14.5 Å². The number of anilines is 1. The number of aromatic hydroxyl groups is 1. The molecule has 23 heavy (non-hydrogen) atoms. The molecular formula is C15H11BrF2N2O3. The van der Waals surface area contributed by atoms with E-state index in [0.717, 1.165) is 12.1 Å². The molecule has 0 atom stereocenters. The van der Waals surface area contributed by atoms with Crippen molar-refractivity contribution in [2.75, 3.05) is 11.9 Å². The Morgan fingerprint density at radius 2 is 1.83 bits per heavy atom. The molecule has 0 spiro atoms. The highest BCUT2D eigenvalue weighted by molar-refractivity contribution is 9.10. The van der Waals surface area contributed by atoms with Gasteiger partial charge >= 0.3 is 0 Å². The zero-order chi connectivity index (χ0) is 17.0. The molecule has 2 rings (SSSR count). The lowest BCUT2D eigenvalue weighted by molar-refractivity contribution is -0.115. The number of carbonyl (C=O) groups is 2. The van der Waals surface area contributed by atoms with Crippen molar-refractivity contribution in [1.82, 2.24) is 5.32 Å². The number of nitrogens with one attached hydrogen (secondary N) is 2. The number of hydrogen-bond acceptors (Lipinski definition) is 3. The van der Waals surface area contributed by atoms with Crippen molar-refractivity contribution in [2.24, 2.45) is 0 Å². The van der Waals surface area contributed by atoms with E-state index in [1.807, 2.05) is 0 Å². The maximum absolute atomic E-state index is 13.0. The van der Waals surface area contributed by atoms with Crippen LogP contribution in [0.1, 0.15) is 10.4 Å². The summed E-state index contributed by atoms with van der Waals surface area (Å²) in [5.74, 6) is -3.62. The van der Waals surface area contributed by atoms with Crippen molar-refractivity contribution in [2.45, 2.75) is 0 Å². The second-order valence-electron chi connectivity index (χ2n) is 4.52. The Bertz CT molecular complexity index is 768. The lowest BCUT2D eigenvalue weighted by atomic mass is 10.2. The van der Waals surface area contributed by atoms with Gasteiger partial charge in [-0.15, -0.1) is 0 Å². The summed E-state index contributed by atoms with van der Waals surface area (Å²) in [5.41, 5.74) is 0.0634. The van der Waals surface area contributed by atoms with Gasteiger partial charge in [0.25, 0.3) is 5.91 Å². The number of hydrogen-bond donors (Lipinski definition) is 3. The van der Waals surface area contributed by atoms with Crippen LogP contribution in [0.2, 0.25) is 0 Å². The van der Waals surface area contributed by atoms with Gasteiger partial charge < -0.3 is 15.7 Å². The van der Waals surface area contributed by atoms with Gasteiger partial charge in [-0.1, -0.05) is 15.9 Å². The Morgan fingerprint density at radius 3 is 2.52 bits per heavy atom. The molecule has 0 saturated carbocycles. The highest BCUT2D eigenvalue weighted by Gasteiger charge is 2.13. The number of rotatable bonds is 4. The lowest BCUT2D eigenvalue weighted by Gasteiger charge is -2.08. The Morgan fingerprint density at radius 1 is 1.09 bits per heavy atom. The Hall–Kier alpha value is -2.48. The van der Waals surface area contributed by atoms with Gasteiger partial charge in [-0.2, -0.15) is 0 Å². The molecule has 0 aliphatic heterocycles. The first kappa shape index (κ1) is 16.9. The van der Waals surface area contributed by atoms with E-state index >= 15 is 0 Å². The highest BCUT2D eigenvalue weighted by Crippen LogP contribution is 2.21. The molecule has 0 bridgehead atoms. The summed E-state index contributed by atoms with van der Waals surface area (Å²) >= 11 is 3.16. The normalized spacial score (nSPS) is 10.2. The third kappa shape index (κ3) is 4.49. The molecule has 0 fully saturated rings. The number of benzene rings is 2. The van der Waals surface area contributed by atoms with Gasteiger partial charge in [-0.3, -0.25) is 9.59 Å². The Balaban J connectivity index is 1.94. The van der Waals surface area contributed by atoms with Crippen molar-refractivity contribution in [3.05, 3.63) is 58.1 Å². The van der Waals surface area contributed by atoms with E-state index < -0.39 is 30.0 Å². The molecule has 2 aromatic rings. The van der Waals surface area contributed by atoms with Crippen molar-refractivity contribution >= 4 is 33.4 Å². The van der Waals surface area contributed by atoms with Crippen LogP contribution < -0.4 is 10.6 Å². The quantitative estimate of drug-likeness (QED) is 0.758. The van der Waals surface area contributed by atoms with E-state index in [-0.39, 0.29) is 17.0 Å². The van der Waals surface area contributed by atoms with Crippen LogP contribution in [0.5, 0.6) is 5.75 Å². The van der Waals surface area contributed by atoms with Crippen LogP contribution in [0.3, 0.4) is 0 Å². The molecular weight excluding hydrogens is 374 g/mol. The monoisotopic (exact) mass is 384 g/mol. The van der Waals surface area contributed by atoms with Gasteiger partial charge in [0.15, 0.2) is 11.6 Å². The minimum atomic E-state index is -1.09. The molecule has 0 heterocycles. The summed E-state index contributed by atoms with van der Waals surface area (Å²) in [6.45, 7) is -0.399. The minimum Gasteiger partial charge on any atom is -0.507 e. The van der Waals surface area contributed by atoms with E-state index in [4.69, 9.17) is 0 Å². The molecule has 0 radical (unpaired) electrons. The van der Waals surface area contributed by atoms with Crippen LogP contribution >= 0.6 is 15.9 Å². The van der Waals surface area contributed by atoms with Crippen molar-refractivity contribution in [1.29, 1.82) is 0 Å². The minimum absolute atomic E-state index is 0.00000151. The van der Waals surface area contributed by atoms with Gasteiger partial charge in [0.2, 0.25) is 5.91 Å². The van der Waals surface area contributed by atoms with Crippen LogP contribution in [0.15, 0.2) is 40.9 Å². The van der Waals surface area contributed by atoms with Crippen LogP contribution in [-0.2, 0) is 4.79 Å². The fraction of sp³-hybridized carbons (Fsp3) is 0.0667. The third-order valence-corrected chi connectivity index (χ3v) is 3.31. The smallest absolute Gasteiger partial charge is 0.255 e. The van der Waals surface area contributed by atoms with Gasteiger partial charge in [0, 0.05) is 16.2 Å². The number of halogens is 3. The molecule has 0 saturated heterocycles. The number of phenolic OH excluding ortho intramolecular Hbond substituents is 1. The average molecular weight is 385 g/mol. The van der Waals surface area contributed by atoms with E-state index in [0.29, 0.717) is 4.47 Å². The molecule has 8 heteroatoms. The summed E-state index contributed by atoms with van der Waals surface area (Å²) in [5, 5.41) is 14.2. The third-order valence-electron chi connectivity index (χ3n) is 2.82. The van der Waals surface area contributed by atoms with Gasteiger partial charge in [-0.25, -0.2) is 8.78 Å². The van der Waals surface area contributed by atoms with Crippen LogP contribution in [-0.4, -0.2) is 23.5 Å². The van der Waals surface area contributed by atoms with Crippen molar-refractivity contribution < 1.29 is 23.5 Å². The Kier molecular flexibility index (Phi) is 5.28. The second kappa shape index (κ2) is 7.19. The van der Waals surface area contributed by atoms with Crippen LogP contribution in [0, 0.1) is 11.6 Å². The largest absolute Gasteiger partial charge is 0.507 e. The molecule has 2 amide bonds. The van der Waals surface area contributed by atoms with Crippen molar-refractivity contribution in [3.63, 3.8) is 0 Å². The zero-order valence-electron chi connectivity index (χ0n) is 11.6. The van der Waals surface area contributed by atoms with E-state index in [2.05, 4.69) is 26.6 Å². The average Bonchev–Trinajstić information content (AvgIpc) is 2.51. The predicted octanol–water partition coefficient (Wildman–Crippen LogP) is 2.80.